The average Bonchev–Trinajstić information content (AvgIpc) is 2.50. The van der Waals surface area contributed by atoms with Gasteiger partial charge in [0.1, 0.15) is 0 Å². The van der Waals surface area contributed by atoms with E-state index in [-0.39, 0.29) is 5.96 Å². The van der Waals surface area contributed by atoms with E-state index in [4.69, 9.17) is 10.5 Å². The number of carboxylic acid groups (broad SMARTS) is 1. The summed E-state index contributed by atoms with van der Waals surface area (Å²) in [6.45, 7) is 2.27. The van der Waals surface area contributed by atoms with Crippen molar-refractivity contribution in [3.8, 4) is 0 Å². The van der Waals surface area contributed by atoms with Crippen LogP contribution < -0.4 is 11.5 Å². The molecular weight excluding hydrogens is 302 g/mol. The smallest absolute Gasteiger partial charge is 0.303 e. The lowest BCUT2D eigenvalue weighted by Crippen LogP contribution is -2.20. The second kappa shape index (κ2) is 21.7. The van der Waals surface area contributed by atoms with Crippen LogP contribution in [0.5, 0.6) is 0 Å². The Morgan fingerprint density at radius 3 is 1.21 bits per heavy atom. The maximum Gasteiger partial charge on any atom is 0.303 e. The van der Waals surface area contributed by atoms with Crippen molar-refractivity contribution < 1.29 is 9.90 Å². The lowest BCUT2D eigenvalue weighted by Gasteiger charge is -2.03. The third kappa shape index (κ3) is 32.6. The largest absolute Gasteiger partial charge is 0.481 e. The molecule has 0 aromatic heterocycles. The topological polar surface area (TPSA) is 113 Å². The van der Waals surface area contributed by atoms with E-state index in [1.165, 1.54) is 83.5 Å². The molecule has 0 amide bonds. The third-order valence-electron chi connectivity index (χ3n) is 3.99. The molecule has 6 N–H and O–H groups in total. The van der Waals surface area contributed by atoms with Gasteiger partial charge in [-0.15, -0.1) is 0 Å². The van der Waals surface area contributed by atoms with Gasteiger partial charge in [-0.05, 0) is 6.42 Å². The van der Waals surface area contributed by atoms with E-state index < -0.39 is 5.97 Å². The lowest BCUT2D eigenvalue weighted by atomic mass is 10.0. The fraction of sp³-hybridized carbons (Fsp3) is 0.895. The van der Waals surface area contributed by atoms with Gasteiger partial charge in [-0.25, -0.2) is 0 Å². The molecule has 0 unspecified atom stereocenters. The van der Waals surface area contributed by atoms with Gasteiger partial charge in [-0.2, -0.15) is 0 Å². The maximum absolute atomic E-state index is 10.3. The van der Waals surface area contributed by atoms with Gasteiger partial charge in [0.2, 0.25) is 0 Å². The van der Waals surface area contributed by atoms with Gasteiger partial charge in [0.05, 0.1) is 0 Å². The summed E-state index contributed by atoms with van der Waals surface area (Å²) in [6, 6.07) is 0. The molecule has 24 heavy (non-hydrogen) atoms. The second-order valence-corrected chi connectivity index (χ2v) is 6.55. The zero-order valence-electron chi connectivity index (χ0n) is 15.8. The number of hydrogen-bond donors (Lipinski definition) is 4. The summed E-state index contributed by atoms with van der Waals surface area (Å²) in [5.74, 6) is -0.986. The van der Waals surface area contributed by atoms with Crippen molar-refractivity contribution in [1.82, 2.24) is 0 Å². The standard InChI is InChI=1S/C18H36O2.CH5N3/c1-2-3-4-5-6-7-8-9-10-11-12-13-14-15-16-17-18(19)20;2-1(3)4/h2-17H2,1H3,(H,19,20);(H5,2,3,4). The number of nitrogens with one attached hydrogen (secondary N) is 1. The van der Waals surface area contributed by atoms with Crippen molar-refractivity contribution in [2.24, 2.45) is 11.5 Å². The highest BCUT2D eigenvalue weighted by Gasteiger charge is 1.97. The number of hydrogen-bond acceptors (Lipinski definition) is 2. The Hall–Kier alpha value is -1.26. The van der Waals surface area contributed by atoms with E-state index in [0.717, 1.165) is 12.8 Å². The van der Waals surface area contributed by atoms with Gasteiger partial charge in [0.25, 0.3) is 0 Å². The predicted octanol–water partition coefficient (Wildman–Crippen LogP) is 5.17. The van der Waals surface area contributed by atoms with Crippen molar-refractivity contribution in [3.63, 3.8) is 0 Å². The summed E-state index contributed by atoms with van der Waals surface area (Å²) in [6.07, 6.45) is 20.2. The second-order valence-electron chi connectivity index (χ2n) is 6.55. The van der Waals surface area contributed by atoms with Gasteiger partial charge in [-0.1, -0.05) is 96.8 Å². The third-order valence-corrected chi connectivity index (χ3v) is 3.99. The molecule has 0 aliphatic heterocycles. The Balaban J connectivity index is 0. The van der Waals surface area contributed by atoms with Crippen LogP contribution in [0.25, 0.3) is 0 Å². The number of guanidine groups is 1. The summed E-state index contributed by atoms with van der Waals surface area (Å²) < 4.78 is 0. The molecule has 0 spiro atoms. The molecule has 0 rings (SSSR count). The fourth-order valence-corrected chi connectivity index (χ4v) is 2.65. The molecule has 0 atom stereocenters. The average molecular weight is 344 g/mol. The molecule has 0 aromatic carbocycles. The number of aliphatic carboxylic acids is 1. The van der Waals surface area contributed by atoms with Crippen LogP contribution in [0.15, 0.2) is 0 Å². The zero-order valence-corrected chi connectivity index (χ0v) is 15.8. The maximum atomic E-state index is 10.3. The SMILES string of the molecule is CCCCCCCCCCCCCCCCCC(=O)O.N=C(N)N. The molecule has 0 fully saturated rings. The van der Waals surface area contributed by atoms with Gasteiger partial charge >= 0.3 is 5.97 Å². The van der Waals surface area contributed by atoms with Crippen molar-refractivity contribution in [2.75, 3.05) is 0 Å². The molecule has 0 saturated carbocycles. The molecule has 0 heterocycles. The summed E-state index contributed by atoms with van der Waals surface area (Å²) in [4.78, 5) is 10.3. The van der Waals surface area contributed by atoms with Crippen molar-refractivity contribution in [2.45, 2.75) is 110 Å². The van der Waals surface area contributed by atoms with Crippen LogP contribution in [0.4, 0.5) is 0 Å². The van der Waals surface area contributed by atoms with Crippen LogP contribution in [0, 0.1) is 5.41 Å². The molecule has 5 heteroatoms. The first-order chi connectivity index (χ1) is 11.5. The minimum absolute atomic E-state index is 0.333. The van der Waals surface area contributed by atoms with Gasteiger partial charge in [0.15, 0.2) is 5.96 Å². The zero-order chi connectivity index (χ0) is 18.5. The van der Waals surface area contributed by atoms with Crippen LogP contribution in [-0.2, 0) is 4.79 Å². The molecule has 0 aromatic rings. The van der Waals surface area contributed by atoms with Gasteiger partial charge in [-0.3, -0.25) is 10.2 Å². The van der Waals surface area contributed by atoms with Crippen LogP contribution in [0.3, 0.4) is 0 Å². The first-order valence-corrected chi connectivity index (χ1v) is 9.82. The summed E-state index contributed by atoms with van der Waals surface area (Å²) in [5, 5.41) is 14.6. The Labute approximate surface area is 149 Å². The number of unbranched alkanes of at least 4 members (excludes halogenated alkanes) is 14. The van der Waals surface area contributed by atoms with Crippen LogP contribution in [0.1, 0.15) is 110 Å². The number of nitrogens with two attached hydrogens (primary N) is 2. The molecule has 0 saturated heterocycles. The lowest BCUT2D eigenvalue weighted by molar-refractivity contribution is -0.137. The molecule has 0 radical (unpaired) electrons. The van der Waals surface area contributed by atoms with Crippen LogP contribution >= 0.6 is 0 Å². The Morgan fingerprint density at radius 2 is 0.958 bits per heavy atom. The number of carboxylic acids is 1. The van der Waals surface area contributed by atoms with E-state index in [1.807, 2.05) is 0 Å². The molecular formula is C19H41N3O2. The molecule has 0 aliphatic rings. The van der Waals surface area contributed by atoms with Gasteiger partial charge < -0.3 is 16.6 Å². The first-order valence-electron chi connectivity index (χ1n) is 9.82. The normalized spacial score (nSPS) is 10.0. The molecule has 0 bridgehead atoms. The summed E-state index contributed by atoms with van der Waals surface area (Å²) in [7, 11) is 0. The van der Waals surface area contributed by atoms with E-state index in [2.05, 4.69) is 18.4 Å². The highest BCUT2D eigenvalue weighted by molar-refractivity contribution is 5.71. The first kappa shape index (κ1) is 25.0. The summed E-state index contributed by atoms with van der Waals surface area (Å²) >= 11 is 0. The van der Waals surface area contributed by atoms with Crippen molar-refractivity contribution >= 4 is 11.9 Å². The fourth-order valence-electron chi connectivity index (χ4n) is 2.65. The van der Waals surface area contributed by atoms with E-state index in [0.29, 0.717) is 6.42 Å². The van der Waals surface area contributed by atoms with Crippen LogP contribution in [-0.4, -0.2) is 17.0 Å². The van der Waals surface area contributed by atoms with Crippen molar-refractivity contribution in [3.05, 3.63) is 0 Å². The Morgan fingerprint density at radius 1 is 0.708 bits per heavy atom. The van der Waals surface area contributed by atoms with Gasteiger partial charge in [0, 0.05) is 6.42 Å². The van der Waals surface area contributed by atoms with E-state index >= 15 is 0 Å². The Kier molecular flexibility index (Phi) is 22.6. The molecule has 144 valence electrons. The van der Waals surface area contributed by atoms with Crippen LogP contribution in [0.2, 0.25) is 0 Å². The highest BCUT2D eigenvalue weighted by atomic mass is 16.4. The Bertz CT molecular complexity index is 280. The predicted molar refractivity (Wildman–Crippen MR) is 103 cm³/mol. The minimum atomic E-state index is -0.653. The monoisotopic (exact) mass is 343 g/mol. The number of rotatable bonds is 16. The molecule has 0 aliphatic carbocycles. The van der Waals surface area contributed by atoms with Crippen molar-refractivity contribution in [1.29, 1.82) is 5.41 Å². The van der Waals surface area contributed by atoms with E-state index in [1.54, 1.807) is 0 Å². The minimum Gasteiger partial charge on any atom is -0.481 e. The number of carbonyl (C=O) groups is 1. The highest BCUT2D eigenvalue weighted by Crippen LogP contribution is 2.13. The quantitative estimate of drug-likeness (QED) is 0.176. The molecule has 5 nitrogen and oxygen atoms in total. The van der Waals surface area contributed by atoms with E-state index in [9.17, 15) is 4.79 Å². The summed E-state index contributed by atoms with van der Waals surface area (Å²) in [5.41, 5.74) is 8.94.